The summed E-state index contributed by atoms with van der Waals surface area (Å²) < 4.78 is 16.7. The average Bonchev–Trinajstić information content (AvgIpc) is 2.85. The first-order valence-electron chi connectivity index (χ1n) is 12.3. The summed E-state index contributed by atoms with van der Waals surface area (Å²) in [6.45, 7) is 7.30. The Bertz CT molecular complexity index is 920. The van der Waals surface area contributed by atoms with Crippen molar-refractivity contribution >= 4 is 6.29 Å². The van der Waals surface area contributed by atoms with Gasteiger partial charge in [-0.05, 0) is 86.9 Å². The van der Waals surface area contributed by atoms with Crippen LogP contribution in [0.4, 0.5) is 0 Å². The van der Waals surface area contributed by atoms with Gasteiger partial charge in [0.15, 0.2) is 0 Å². The lowest BCUT2D eigenvalue weighted by Gasteiger charge is -2.32. The molecular formula is C28H37NO4. The van der Waals surface area contributed by atoms with E-state index in [2.05, 4.69) is 42.2 Å². The van der Waals surface area contributed by atoms with Crippen molar-refractivity contribution in [3.63, 3.8) is 0 Å². The van der Waals surface area contributed by atoms with Gasteiger partial charge in [-0.3, -0.25) is 0 Å². The third-order valence-electron chi connectivity index (χ3n) is 7.07. The Hall–Kier alpha value is -2.37. The highest BCUT2D eigenvalue weighted by Gasteiger charge is 2.22. The number of nitrogens with zero attached hydrogens (tertiary/aromatic N) is 1. The van der Waals surface area contributed by atoms with Gasteiger partial charge in [0.05, 0.1) is 13.2 Å². The van der Waals surface area contributed by atoms with E-state index in [9.17, 15) is 4.79 Å². The van der Waals surface area contributed by atoms with E-state index in [1.807, 2.05) is 6.07 Å². The van der Waals surface area contributed by atoms with Gasteiger partial charge in [-0.2, -0.15) is 0 Å². The molecule has 178 valence electrons. The zero-order chi connectivity index (χ0) is 23.0. The van der Waals surface area contributed by atoms with Crippen molar-refractivity contribution in [3.8, 4) is 11.5 Å². The molecule has 0 radical (unpaired) electrons. The number of rotatable bonds is 10. The number of aryl methyl sites for hydroxylation is 1. The molecule has 0 amide bonds. The molecule has 0 aliphatic carbocycles. The van der Waals surface area contributed by atoms with Gasteiger partial charge < -0.3 is 23.9 Å². The van der Waals surface area contributed by atoms with Crippen LogP contribution in [-0.4, -0.2) is 57.8 Å². The summed E-state index contributed by atoms with van der Waals surface area (Å²) in [5.74, 6) is 2.57. The summed E-state index contributed by atoms with van der Waals surface area (Å²) in [7, 11) is 1.70. The fraction of sp³-hybridized carbons (Fsp3) is 0.536. The first-order valence-corrected chi connectivity index (χ1v) is 12.3. The molecule has 0 spiro atoms. The van der Waals surface area contributed by atoms with E-state index in [1.165, 1.54) is 29.5 Å². The molecule has 1 saturated heterocycles. The highest BCUT2D eigenvalue weighted by molar-refractivity contribution is 5.65. The van der Waals surface area contributed by atoms with Crippen molar-refractivity contribution in [3.05, 3.63) is 58.7 Å². The predicted molar refractivity (Wildman–Crippen MR) is 130 cm³/mol. The number of fused-ring (bicyclic) bond motifs is 1. The molecule has 0 aromatic heterocycles. The molecule has 2 aliphatic rings. The Labute approximate surface area is 198 Å². The van der Waals surface area contributed by atoms with Crippen LogP contribution < -0.4 is 9.47 Å². The van der Waals surface area contributed by atoms with Crippen LogP contribution in [0, 0.1) is 12.8 Å². The normalized spacial score (nSPS) is 19.0. The van der Waals surface area contributed by atoms with Crippen LogP contribution in [-0.2, 0) is 22.4 Å². The third kappa shape index (κ3) is 6.36. The van der Waals surface area contributed by atoms with Crippen LogP contribution in [0.25, 0.3) is 0 Å². The number of piperidine rings is 1. The van der Waals surface area contributed by atoms with Crippen molar-refractivity contribution in [1.82, 2.24) is 4.90 Å². The monoisotopic (exact) mass is 451 g/mol. The number of methoxy groups -OCH3 is 1. The zero-order valence-electron chi connectivity index (χ0n) is 20.1. The van der Waals surface area contributed by atoms with Crippen LogP contribution in [0.3, 0.4) is 0 Å². The van der Waals surface area contributed by atoms with E-state index in [0.29, 0.717) is 19.8 Å². The van der Waals surface area contributed by atoms with E-state index in [0.717, 1.165) is 68.2 Å². The van der Waals surface area contributed by atoms with Gasteiger partial charge in [-0.15, -0.1) is 0 Å². The topological polar surface area (TPSA) is 48.0 Å². The lowest BCUT2D eigenvalue weighted by molar-refractivity contribution is -0.109. The molecule has 2 heterocycles. The number of carbonyl (C=O) groups excluding carboxylic acids is 1. The minimum absolute atomic E-state index is 0.0166. The Morgan fingerprint density at radius 2 is 1.88 bits per heavy atom. The first kappa shape index (κ1) is 23.8. The van der Waals surface area contributed by atoms with Gasteiger partial charge in [0.2, 0.25) is 0 Å². The van der Waals surface area contributed by atoms with E-state index in [4.69, 9.17) is 14.2 Å². The van der Waals surface area contributed by atoms with Crippen LogP contribution >= 0.6 is 0 Å². The highest BCUT2D eigenvalue weighted by Crippen LogP contribution is 2.33. The lowest BCUT2D eigenvalue weighted by Crippen LogP contribution is -2.35. The molecule has 1 fully saturated rings. The summed E-state index contributed by atoms with van der Waals surface area (Å²) in [6.07, 6.45) is 6.46. The first-order chi connectivity index (χ1) is 16.2. The largest absolute Gasteiger partial charge is 0.493 e. The Morgan fingerprint density at radius 1 is 1.06 bits per heavy atom. The van der Waals surface area contributed by atoms with Crippen molar-refractivity contribution in [2.45, 2.75) is 44.9 Å². The fourth-order valence-electron chi connectivity index (χ4n) is 4.96. The van der Waals surface area contributed by atoms with Gasteiger partial charge >= 0.3 is 0 Å². The van der Waals surface area contributed by atoms with Gasteiger partial charge in [0.25, 0.3) is 0 Å². The van der Waals surface area contributed by atoms with Crippen molar-refractivity contribution in [2.24, 2.45) is 5.92 Å². The van der Waals surface area contributed by atoms with Crippen LogP contribution in [0.2, 0.25) is 0 Å². The molecule has 0 N–H and O–H groups in total. The molecule has 0 saturated carbocycles. The molecule has 5 heteroatoms. The highest BCUT2D eigenvalue weighted by atomic mass is 16.5. The van der Waals surface area contributed by atoms with Crippen molar-refractivity contribution in [1.29, 1.82) is 0 Å². The number of aldehydes is 1. The van der Waals surface area contributed by atoms with Crippen molar-refractivity contribution in [2.75, 3.05) is 46.6 Å². The molecule has 5 nitrogen and oxygen atoms in total. The second-order valence-corrected chi connectivity index (χ2v) is 9.43. The van der Waals surface area contributed by atoms with Gasteiger partial charge in [-0.1, -0.05) is 24.3 Å². The standard InChI is InChI=1S/C28H37NO4/c1-21-3-4-24(19-28(21)33-16-15-31-2)17-23-8-12-29(13-9-23)11-7-22-5-6-27-26(18-22)25(20-30)10-14-32-27/h3-6,18-20,23,25H,7-17H2,1-2H3. The predicted octanol–water partition coefficient (Wildman–Crippen LogP) is 4.58. The maximum absolute atomic E-state index is 11.4. The van der Waals surface area contributed by atoms with E-state index in [1.54, 1.807) is 7.11 Å². The van der Waals surface area contributed by atoms with Crippen LogP contribution in [0.1, 0.15) is 47.4 Å². The second-order valence-electron chi connectivity index (χ2n) is 9.43. The molecule has 0 bridgehead atoms. The van der Waals surface area contributed by atoms with Gasteiger partial charge in [-0.25, -0.2) is 0 Å². The number of ether oxygens (including phenoxy) is 3. The third-order valence-corrected chi connectivity index (χ3v) is 7.07. The molecule has 2 aromatic rings. The average molecular weight is 452 g/mol. The summed E-state index contributed by atoms with van der Waals surface area (Å²) in [6, 6.07) is 13.0. The number of carbonyl (C=O) groups is 1. The Morgan fingerprint density at radius 3 is 2.67 bits per heavy atom. The van der Waals surface area contributed by atoms with E-state index < -0.39 is 0 Å². The maximum atomic E-state index is 11.4. The molecule has 33 heavy (non-hydrogen) atoms. The summed E-state index contributed by atoms with van der Waals surface area (Å²) in [5.41, 5.74) is 4.91. The summed E-state index contributed by atoms with van der Waals surface area (Å²) in [4.78, 5) is 14.0. The molecule has 1 atom stereocenters. The lowest BCUT2D eigenvalue weighted by atomic mass is 9.89. The van der Waals surface area contributed by atoms with Crippen LogP contribution in [0.5, 0.6) is 11.5 Å². The second kappa shape index (κ2) is 11.7. The summed E-state index contributed by atoms with van der Waals surface area (Å²) >= 11 is 0. The zero-order valence-corrected chi connectivity index (χ0v) is 20.1. The number of likely N-dealkylation sites (tertiary alicyclic amines) is 1. The van der Waals surface area contributed by atoms with Crippen molar-refractivity contribution < 1.29 is 19.0 Å². The molecule has 2 aliphatic heterocycles. The Balaban J connectivity index is 1.24. The fourth-order valence-corrected chi connectivity index (χ4v) is 4.96. The molecule has 2 aromatic carbocycles. The maximum Gasteiger partial charge on any atom is 0.127 e. The summed E-state index contributed by atoms with van der Waals surface area (Å²) in [5, 5.41) is 0. The molecule has 1 unspecified atom stereocenters. The number of hydrogen-bond acceptors (Lipinski definition) is 5. The molecule has 4 rings (SSSR count). The van der Waals surface area contributed by atoms with Gasteiger partial charge in [0.1, 0.15) is 24.4 Å². The van der Waals surface area contributed by atoms with E-state index >= 15 is 0 Å². The van der Waals surface area contributed by atoms with Gasteiger partial charge in [0, 0.05) is 25.1 Å². The number of benzene rings is 2. The van der Waals surface area contributed by atoms with E-state index in [-0.39, 0.29) is 5.92 Å². The van der Waals surface area contributed by atoms with Crippen LogP contribution in [0.15, 0.2) is 36.4 Å². The molecular weight excluding hydrogens is 414 g/mol. The SMILES string of the molecule is COCCOc1cc(CC2CCN(CCc3ccc4c(c3)C(C=O)CCO4)CC2)ccc1C. The quantitative estimate of drug-likeness (QED) is 0.391. The smallest absolute Gasteiger partial charge is 0.127 e. The minimum atomic E-state index is -0.0166. The Kier molecular flexibility index (Phi) is 8.40. The minimum Gasteiger partial charge on any atom is -0.493 e. The number of hydrogen-bond donors (Lipinski definition) is 0.